The maximum atomic E-state index is 10.9. The van der Waals surface area contributed by atoms with E-state index in [9.17, 15) is 4.79 Å². The molecule has 1 saturated heterocycles. The number of carbonyl (C=O) groups is 1. The summed E-state index contributed by atoms with van der Waals surface area (Å²) >= 11 is 0. The van der Waals surface area contributed by atoms with Gasteiger partial charge in [-0.25, -0.2) is 9.78 Å². The lowest BCUT2D eigenvalue weighted by Gasteiger charge is -2.26. The highest BCUT2D eigenvalue weighted by atomic mass is 16.6. The summed E-state index contributed by atoms with van der Waals surface area (Å²) < 4.78 is 10.3. The standard InChI is InChI=1S/C10H11NO4/c1-6-2-3-8(10(12)13)9(11-6)15-7-4-14-5-7/h2-3,7H,4-5H2,1H3,(H,12,13). The summed E-state index contributed by atoms with van der Waals surface area (Å²) in [7, 11) is 0. The Morgan fingerprint density at radius 3 is 2.87 bits per heavy atom. The minimum absolute atomic E-state index is 0.0719. The van der Waals surface area contributed by atoms with Gasteiger partial charge in [0.2, 0.25) is 5.88 Å². The lowest BCUT2D eigenvalue weighted by molar-refractivity contribution is -0.0816. The van der Waals surface area contributed by atoms with Crippen LogP contribution < -0.4 is 4.74 Å². The highest BCUT2D eigenvalue weighted by molar-refractivity contribution is 5.90. The first-order valence-electron chi connectivity index (χ1n) is 4.62. The third-order valence-electron chi connectivity index (χ3n) is 2.12. The summed E-state index contributed by atoms with van der Waals surface area (Å²) in [5.74, 6) is -0.853. The highest BCUT2D eigenvalue weighted by Gasteiger charge is 2.23. The number of pyridine rings is 1. The van der Waals surface area contributed by atoms with Gasteiger partial charge in [-0.1, -0.05) is 0 Å². The Morgan fingerprint density at radius 1 is 1.60 bits per heavy atom. The number of aryl methyl sites for hydroxylation is 1. The van der Waals surface area contributed by atoms with Crippen molar-refractivity contribution in [2.24, 2.45) is 0 Å². The van der Waals surface area contributed by atoms with Crippen LogP contribution in [0.25, 0.3) is 0 Å². The van der Waals surface area contributed by atoms with Crippen molar-refractivity contribution in [3.63, 3.8) is 0 Å². The van der Waals surface area contributed by atoms with Gasteiger partial charge in [-0.05, 0) is 19.1 Å². The van der Waals surface area contributed by atoms with E-state index in [-0.39, 0.29) is 17.5 Å². The molecule has 1 aromatic heterocycles. The fraction of sp³-hybridized carbons (Fsp3) is 0.400. The van der Waals surface area contributed by atoms with Crippen LogP contribution >= 0.6 is 0 Å². The van der Waals surface area contributed by atoms with Crippen molar-refractivity contribution in [1.29, 1.82) is 0 Å². The molecule has 0 radical (unpaired) electrons. The van der Waals surface area contributed by atoms with Crippen molar-refractivity contribution < 1.29 is 19.4 Å². The predicted molar refractivity (Wildman–Crippen MR) is 51.2 cm³/mol. The maximum Gasteiger partial charge on any atom is 0.341 e. The smallest absolute Gasteiger partial charge is 0.341 e. The molecular weight excluding hydrogens is 198 g/mol. The monoisotopic (exact) mass is 209 g/mol. The predicted octanol–water partition coefficient (Wildman–Crippen LogP) is 0.866. The molecule has 0 atom stereocenters. The van der Waals surface area contributed by atoms with E-state index in [0.29, 0.717) is 13.2 Å². The number of aromatic carboxylic acids is 1. The van der Waals surface area contributed by atoms with E-state index in [1.165, 1.54) is 6.07 Å². The normalized spacial score (nSPS) is 15.8. The van der Waals surface area contributed by atoms with E-state index in [0.717, 1.165) is 5.69 Å². The van der Waals surface area contributed by atoms with Gasteiger partial charge in [0.05, 0.1) is 13.2 Å². The topological polar surface area (TPSA) is 68.7 Å². The van der Waals surface area contributed by atoms with Crippen molar-refractivity contribution in [3.05, 3.63) is 23.4 Å². The summed E-state index contributed by atoms with van der Waals surface area (Å²) in [5, 5.41) is 8.91. The Morgan fingerprint density at radius 2 is 2.33 bits per heavy atom. The van der Waals surface area contributed by atoms with Gasteiger partial charge >= 0.3 is 5.97 Å². The molecule has 0 aliphatic carbocycles. The first-order valence-corrected chi connectivity index (χ1v) is 4.62. The average Bonchev–Trinajstić information content (AvgIpc) is 2.11. The number of hydrogen-bond acceptors (Lipinski definition) is 4. The van der Waals surface area contributed by atoms with Gasteiger partial charge in [0, 0.05) is 5.69 Å². The van der Waals surface area contributed by atoms with Crippen LogP contribution in [0.15, 0.2) is 12.1 Å². The van der Waals surface area contributed by atoms with Gasteiger partial charge in [0.25, 0.3) is 0 Å². The summed E-state index contributed by atoms with van der Waals surface area (Å²) in [6.07, 6.45) is -0.0719. The fourth-order valence-electron chi connectivity index (χ4n) is 1.23. The van der Waals surface area contributed by atoms with E-state index in [1.807, 2.05) is 0 Å². The molecule has 5 nitrogen and oxygen atoms in total. The zero-order chi connectivity index (χ0) is 10.8. The zero-order valence-corrected chi connectivity index (χ0v) is 8.27. The molecule has 1 aliphatic heterocycles. The molecular formula is C10H11NO4. The molecule has 1 N–H and O–H groups in total. The SMILES string of the molecule is Cc1ccc(C(=O)O)c(OC2COC2)n1. The van der Waals surface area contributed by atoms with Crippen LogP contribution in [0.4, 0.5) is 0 Å². The number of ether oxygens (including phenoxy) is 2. The largest absolute Gasteiger partial charge is 0.477 e. The second-order valence-electron chi connectivity index (χ2n) is 3.39. The van der Waals surface area contributed by atoms with E-state index in [2.05, 4.69) is 4.98 Å². The summed E-state index contributed by atoms with van der Waals surface area (Å²) in [5.41, 5.74) is 0.822. The van der Waals surface area contributed by atoms with Gasteiger partial charge in [0.1, 0.15) is 11.7 Å². The third-order valence-corrected chi connectivity index (χ3v) is 2.12. The molecule has 0 saturated carbocycles. The molecule has 2 rings (SSSR count). The van der Waals surface area contributed by atoms with Crippen LogP contribution in [-0.2, 0) is 4.74 Å². The molecule has 0 bridgehead atoms. The molecule has 5 heteroatoms. The van der Waals surface area contributed by atoms with E-state index >= 15 is 0 Å². The van der Waals surface area contributed by atoms with E-state index in [4.69, 9.17) is 14.6 Å². The number of rotatable bonds is 3. The van der Waals surface area contributed by atoms with Gasteiger partial charge in [0.15, 0.2) is 0 Å². The van der Waals surface area contributed by atoms with Crippen molar-refractivity contribution in [2.45, 2.75) is 13.0 Å². The van der Waals surface area contributed by atoms with E-state index in [1.54, 1.807) is 13.0 Å². The van der Waals surface area contributed by atoms with Gasteiger partial charge in [-0.2, -0.15) is 0 Å². The van der Waals surface area contributed by atoms with Crippen LogP contribution in [0.5, 0.6) is 5.88 Å². The quantitative estimate of drug-likeness (QED) is 0.799. The van der Waals surface area contributed by atoms with E-state index < -0.39 is 5.97 Å². The molecule has 1 aliphatic rings. The molecule has 0 amide bonds. The lowest BCUT2D eigenvalue weighted by atomic mass is 10.2. The molecule has 0 spiro atoms. The lowest BCUT2D eigenvalue weighted by Crippen LogP contribution is -2.39. The third kappa shape index (κ3) is 2.07. The number of hydrogen-bond donors (Lipinski definition) is 1. The Labute approximate surface area is 86.7 Å². The Kier molecular flexibility index (Phi) is 2.55. The number of carboxylic acid groups (broad SMARTS) is 1. The second-order valence-corrected chi connectivity index (χ2v) is 3.39. The minimum atomic E-state index is -1.03. The van der Waals surface area contributed by atoms with Gasteiger partial charge < -0.3 is 14.6 Å². The van der Waals surface area contributed by atoms with Crippen LogP contribution in [-0.4, -0.2) is 35.4 Å². The van der Waals surface area contributed by atoms with Gasteiger partial charge in [-0.15, -0.1) is 0 Å². The number of carboxylic acids is 1. The minimum Gasteiger partial charge on any atom is -0.477 e. The number of nitrogens with zero attached hydrogens (tertiary/aromatic N) is 1. The molecule has 80 valence electrons. The number of aromatic nitrogens is 1. The highest BCUT2D eigenvalue weighted by Crippen LogP contribution is 2.19. The average molecular weight is 209 g/mol. The summed E-state index contributed by atoms with van der Waals surface area (Å²) in [4.78, 5) is 14.9. The second kappa shape index (κ2) is 3.86. The molecule has 2 heterocycles. The van der Waals surface area contributed by atoms with Crippen molar-refractivity contribution in [1.82, 2.24) is 4.98 Å². The van der Waals surface area contributed by atoms with Crippen molar-refractivity contribution in [2.75, 3.05) is 13.2 Å². The Hall–Kier alpha value is -1.62. The summed E-state index contributed by atoms with van der Waals surface area (Å²) in [6.45, 7) is 2.78. The van der Waals surface area contributed by atoms with Crippen molar-refractivity contribution in [3.8, 4) is 5.88 Å². The van der Waals surface area contributed by atoms with Crippen LogP contribution in [0.2, 0.25) is 0 Å². The van der Waals surface area contributed by atoms with Crippen LogP contribution in [0, 0.1) is 6.92 Å². The molecule has 1 fully saturated rings. The van der Waals surface area contributed by atoms with Crippen LogP contribution in [0.3, 0.4) is 0 Å². The van der Waals surface area contributed by atoms with Crippen LogP contribution in [0.1, 0.15) is 16.1 Å². The van der Waals surface area contributed by atoms with Gasteiger partial charge in [-0.3, -0.25) is 0 Å². The Balaban J connectivity index is 2.24. The molecule has 0 aromatic carbocycles. The first kappa shape index (κ1) is 9.92. The Bertz CT molecular complexity index is 387. The zero-order valence-electron chi connectivity index (χ0n) is 8.27. The molecule has 1 aromatic rings. The maximum absolute atomic E-state index is 10.9. The summed E-state index contributed by atoms with van der Waals surface area (Å²) in [6, 6.07) is 3.15. The molecule has 15 heavy (non-hydrogen) atoms. The molecule has 0 unspecified atom stereocenters. The first-order chi connectivity index (χ1) is 7.16. The fourth-order valence-corrected chi connectivity index (χ4v) is 1.23. The van der Waals surface area contributed by atoms with Crippen molar-refractivity contribution >= 4 is 5.97 Å².